The van der Waals surface area contributed by atoms with E-state index in [0.717, 1.165) is 0 Å². The van der Waals surface area contributed by atoms with Gasteiger partial charge in [-0.05, 0) is 16.6 Å². The SMILES string of the molecule is CNc1cc(Cn2cc(Cl)c([N+](=O)[O-])n2)ccc1[N+](=O)[O-]. The van der Waals surface area contributed by atoms with Crippen LogP contribution in [0.3, 0.4) is 0 Å². The lowest BCUT2D eigenvalue weighted by molar-refractivity contribution is -0.389. The predicted octanol–water partition coefficient (Wildman–Crippen LogP) is 2.44. The molecular formula is C11H10ClN5O4. The maximum atomic E-state index is 10.8. The predicted molar refractivity (Wildman–Crippen MR) is 75.6 cm³/mol. The van der Waals surface area contributed by atoms with Crippen LogP contribution in [0.4, 0.5) is 17.2 Å². The van der Waals surface area contributed by atoms with Gasteiger partial charge in [-0.3, -0.25) is 10.1 Å². The van der Waals surface area contributed by atoms with Crippen LogP contribution in [-0.4, -0.2) is 26.7 Å². The summed E-state index contributed by atoms with van der Waals surface area (Å²) in [6.45, 7) is 0.209. The number of aromatic nitrogens is 2. The van der Waals surface area contributed by atoms with E-state index >= 15 is 0 Å². The normalized spacial score (nSPS) is 10.4. The number of hydrogen-bond acceptors (Lipinski definition) is 6. The van der Waals surface area contributed by atoms with Crippen molar-refractivity contribution in [3.8, 4) is 0 Å². The number of halogens is 1. The molecule has 21 heavy (non-hydrogen) atoms. The Morgan fingerprint density at radius 1 is 1.33 bits per heavy atom. The summed E-state index contributed by atoms with van der Waals surface area (Å²) in [5, 5.41) is 27.9. The summed E-state index contributed by atoms with van der Waals surface area (Å²) in [4.78, 5) is 20.3. The zero-order chi connectivity index (χ0) is 15.6. The third kappa shape index (κ3) is 3.08. The molecule has 0 atom stereocenters. The van der Waals surface area contributed by atoms with Gasteiger partial charge in [-0.2, -0.15) is 4.68 Å². The van der Waals surface area contributed by atoms with Crippen molar-refractivity contribution in [2.75, 3.05) is 12.4 Å². The third-order valence-corrected chi connectivity index (χ3v) is 3.01. The molecule has 0 bridgehead atoms. The number of anilines is 1. The van der Waals surface area contributed by atoms with Crippen LogP contribution in [0, 0.1) is 20.2 Å². The highest BCUT2D eigenvalue weighted by molar-refractivity contribution is 6.32. The smallest absolute Gasteiger partial charge is 0.383 e. The Labute approximate surface area is 123 Å². The molecule has 0 saturated heterocycles. The van der Waals surface area contributed by atoms with Crippen LogP contribution in [0.25, 0.3) is 0 Å². The number of nitro groups is 2. The molecule has 0 fully saturated rings. The van der Waals surface area contributed by atoms with E-state index in [4.69, 9.17) is 11.6 Å². The molecule has 0 radical (unpaired) electrons. The van der Waals surface area contributed by atoms with E-state index in [0.29, 0.717) is 11.3 Å². The highest BCUT2D eigenvalue weighted by Crippen LogP contribution is 2.26. The van der Waals surface area contributed by atoms with Crippen LogP contribution in [0.2, 0.25) is 5.02 Å². The summed E-state index contributed by atoms with van der Waals surface area (Å²) in [6.07, 6.45) is 1.33. The van der Waals surface area contributed by atoms with Crippen molar-refractivity contribution in [2.24, 2.45) is 0 Å². The first kappa shape index (κ1) is 14.7. The van der Waals surface area contributed by atoms with Gasteiger partial charge in [0, 0.05) is 13.1 Å². The van der Waals surface area contributed by atoms with Gasteiger partial charge in [0.25, 0.3) is 5.69 Å². The Morgan fingerprint density at radius 3 is 2.57 bits per heavy atom. The van der Waals surface area contributed by atoms with Crippen LogP contribution in [0.5, 0.6) is 0 Å². The van der Waals surface area contributed by atoms with E-state index < -0.39 is 15.7 Å². The molecule has 2 rings (SSSR count). The van der Waals surface area contributed by atoms with Gasteiger partial charge < -0.3 is 15.4 Å². The molecule has 10 heteroatoms. The van der Waals surface area contributed by atoms with Gasteiger partial charge in [0.2, 0.25) is 0 Å². The lowest BCUT2D eigenvalue weighted by Gasteiger charge is -2.04. The second-order valence-electron chi connectivity index (χ2n) is 4.11. The third-order valence-electron chi connectivity index (χ3n) is 2.74. The van der Waals surface area contributed by atoms with Crippen LogP contribution < -0.4 is 5.32 Å². The van der Waals surface area contributed by atoms with Gasteiger partial charge in [-0.15, -0.1) is 0 Å². The number of nitro benzene ring substituents is 1. The minimum absolute atomic E-state index is 0.0503. The van der Waals surface area contributed by atoms with Crippen molar-refractivity contribution >= 4 is 28.8 Å². The first-order valence-electron chi connectivity index (χ1n) is 5.74. The van der Waals surface area contributed by atoms with Gasteiger partial charge in [0.05, 0.1) is 22.8 Å². The van der Waals surface area contributed by atoms with Crippen molar-refractivity contribution in [1.82, 2.24) is 9.78 Å². The lowest BCUT2D eigenvalue weighted by atomic mass is 10.1. The van der Waals surface area contributed by atoms with E-state index in [1.807, 2.05) is 0 Å². The molecule has 1 heterocycles. The molecule has 0 spiro atoms. The first-order valence-corrected chi connectivity index (χ1v) is 6.12. The fourth-order valence-electron chi connectivity index (χ4n) is 1.82. The molecular weight excluding hydrogens is 302 g/mol. The van der Waals surface area contributed by atoms with Gasteiger partial charge in [-0.25, -0.2) is 0 Å². The van der Waals surface area contributed by atoms with Crippen LogP contribution in [0.15, 0.2) is 24.4 Å². The zero-order valence-corrected chi connectivity index (χ0v) is 11.6. The highest BCUT2D eigenvalue weighted by atomic mass is 35.5. The van der Waals surface area contributed by atoms with Crippen LogP contribution in [0.1, 0.15) is 5.56 Å². The number of nitrogens with zero attached hydrogens (tertiary/aromatic N) is 4. The van der Waals surface area contributed by atoms with Gasteiger partial charge >= 0.3 is 5.82 Å². The summed E-state index contributed by atoms with van der Waals surface area (Å²) in [6, 6.07) is 4.50. The van der Waals surface area contributed by atoms with Crippen LogP contribution >= 0.6 is 11.6 Å². The van der Waals surface area contributed by atoms with E-state index in [2.05, 4.69) is 10.4 Å². The maximum Gasteiger partial charge on any atom is 0.408 e. The Morgan fingerprint density at radius 2 is 2.05 bits per heavy atom. The van der Waals surface area contributed by atoms with E-state index in [1.54, 1.807) is 19.2 Å². The van der Waals surface area contributed by atoms with Crippen LogP contribution in [-0.2, 0) is 6.54 Å². The molecule has 1 aromatic heterocycles. The molecule has 0 amide bonds. The average Bonchev–Trinajstić information content (AvgIpc) is 2.79. The second kappa shape index (κ2) is 5.75. The molecule has 9 nitrogen and oxygen atoms in total. The Bertz CT molecular complexity index is 715. The minimum Gasteiger partial charge on any atom is -0.383 e. The molecule has 0 saturated carbocycles. The van der Waals surface area contributed by atoms with Gasteiger partial charge in [-0.1, -0.05) is 17.7 Å². The monoisotopic (exact) mass is 311 g/mol. The van der Waals surface area contributed by atoms with Crippen molar-refractivity contribution in [1.29, 1.82) is 0 Å². The number of hydrogen-bond donors (Lipinski definition) is 1. The summed E-state index contributed by atoms with van der Waals surface area (Å²) >= 11 is 5.70. The van der Waals surface area contributed by atoms with Gasteiger partial charge in [0.1, 0.15) is 5.69 Å². The molecule has 2 aromatic rings. The van der Waals surface area contributed by atoms with Crippen molar-refractivity contribution in [3.05, 3.63) is 55.2 Å². The fraction of sp³-hybridized carbons (Fsp3) is 0.182. The van der Waals surface area contributed by atoms with E-state index in [-0.39, 0.29) is 17.3 Å². The summed E-state index contributed by atoms with van der Waals surface area (Å²) < 4.78 is 1.31. The Balaban J connectivity index is 2.30. The number of benzene rings is 1. The molecule has 1 aromatic carbocycles. The van der Waals surface area contributed by atoms with E-state index in [1.165, 1.54) is 16.9 Å². The van der Waals surface area contributed by atoms with Crippen molar-refractivity contribution < 1.29 is 9.85 Å². The van der Waals surface area contributed by atoms with Crippen molar-refractivity contribution in [3.63, 3.8) is 0 Å². The highest BCUT2D eigenvalue weighted by Gasteiger charge is 2.20. The maximum absolute atomic E-state index is 10.8. The van der Waals surface area contributed by atoms with E-state index in [9.17, 15) is 20.2 Å². The number of nitrogens with one attached hydrogen (secondary N) is 1. The summed E-state index contributed by atoms with van der Waals surface area (Å²) in [5.74, 6) is -0.424. The largest absolute Gasteiger partial charge is 0.408 e. The molecule has 0 aliphatic rings. The molecule has 1 N–H and O–H groups in total. The lowest BCUT2D eigenvalue weighted by Crippen LogP contribution is -2.03. The summed E-state index contributed by atoms with van der Waals surface area (Å²) in [5.41, 5.74) is 0.995. The number of rotatable bonds is 5. The van der Waals surface area contributed by atoms with Crippen molar-refractivity contribution in [2.45, 2.75) is 6.54 Å². The Hall–Kier alpha value is -2.68. The topological polar surface area (TPSA) is 116 Å². The fourth-order valence-corrected chi connectivity index (χ4v) is 2.04. The standard InChI is InChI=1S/C11H10ClN5O4/c1-13-9-4-7(2-3-10(9)16(18)19)5-15-6-8(12)11(14-15)17(20)21/h2-4,6,13H,5H2,1H3. The Kier molecular flexibility index (Phi) is 4.03. The molecule has 0 aliphatic heterocycles. The quantitative estimate of drug-likeness (QED) is 0.669. The molecule has 0 unspecified atom stereocenters. The minimum atomic E-state index is -0.673. The first-order chi connectivity index (χ1) is 9.92. The second-order valence-corrected chi connectivity index (χ2v) is 4.52. The summed E-state index contributed by atoms with van der Waals surface area (Å²) in [7, 11) is 1.57. The average molecular weight is 312 g/mol. The molecule has 0 aliphatic carbocycles. The zero-order valence-electron chi connectivity index (χ0n) is 10.8. The van der Waals surface area contributed by atoms with Gasteiger partial charge in [0.15, 0.2) is 5.02 Å². The molecule has 110 valence electrons.